The van der Waals surface area contributed by atoms with Crippen LogP contribution in [0.15, 0.2) is 24.5 Å². The molecule has 0 radical (unpaired) electrons. The summed E-state index contributed by atoms with van der Waals surface area (Å²) >= 11 is 0. The molecule has 0 saturated carbocycles. The molecular formula is C24H34ClF3N6O3S. The molecule has 38 heavy (non-hydrogen) atoms. The van der Waals surface area contributed by atoms with E-state index in [-0.39, 0.29) is 24.5 Å². The first kappa shape index (κ1) is 30.4. The molecule has 3 heterocycles. The lowest BCUT2D eigenvalue weighted by Crippen LogP contribution is -2.45. The van der Waals surface area contributed by atoms with Crippen LogP contribution < -0.4 is 20.1 Å². The second-order valence-corrected chi connectivity index (χ2v) is 11.3. The molecule has 3 N–H and O–H groups in total. The molecule has 4 rings (SSSR count). The third-order valence-corrected chi connectivity index (χ3v) is 8.56. The van der Waals surface area contributed by atoms with Crippen molar-refractivity contribution < 1.29 is 26.3 Å². The van der Waals surface area contributed by atoms with Gasteiger partial charge in [0.15, 0.2) is 17.4 Å². The molecule has 0 unspecified atom stereocenters. The van der Waals surface area contributed by atoms with Crippen molar-refractivity contribution in [3.8, 4) is 5.75 Å². The average molecular weight is 579 g/mol. The maximum Gasteiger partial charge on any atom is 0.279 e. The lowest BCUT2D eigenvalue weighted by Gasteiger charge is -2.31. The fourth-order valence-electron chi connectivity index (χ4n) is 4.79. The van der Waals surface area contributed by atoms with Crippen molar-refractivity contribution in [2.75, 3.05) is 44.2 Å². The van der Waals surface area contributed by atoms with E-state index in [9.17, 15) is 21.6 Å². The van der Waals surface area contributed by atoms with E-state index in [4.69, 9.17) is 10.5 Å². The maximum absolute atomic E-state index is 14.2. The monoisotopic (exact) mass is 578 g/mol. The van der Waals surface area contributed by atoms with Crippen molar-refractivity contribution in [3.05, 3.63) is 47.5 Å². The quantitative estimate of drug-likeness (QED) is 0.417. The number of halogens is 4. The molecule has 212 valence electrons. The summed E-state index contributed by atoms with van der Waals surface area (Å²) in [6, 6.07) is 0.907. The summed E-state index contributed by atoms with van der Waals surface area (Å²) in [5.74, 6) is -2.44. The van der Waals surface area contributed by atoms with Gasteiger partial charge in [-0.15, -0.1) is 12.4 Å². The number of aromatic nitrogens is 2. The Kier molecular flexibility index (Phi) is 10.6. The number of ether oxygens (including phenoxy) is 1. The van der Waals surface area contributed by atoms with Gasteiger partial charge in [0.25, 0.3) is 10.2 Å². The van der Waals surface area contributed by atoms with Gasteiger partial charge in [0.05, 0.1) is 19.0 Å². The van der Waals surface area contributed by atoms with Crippen molar-refractivity contribution in [1.29, 1.82) is 0 Å². The van der Waals surface area contributed by atoms with E-state index in [0.717, 1.165) is 31.7 Å². The molecule has 0 aliphatic carbocycles. The number of nitrogens with two attached hydrogens (primary N) is 1. The minimum Gasteiger partial charge on any atom is -0.490 e. The van der Waals surface area contributed by atoms with Crippen molar-refractivity contribution in [2.24, 2.45) is 11.7 Å². The standard InChI is InChI=1S/C24H33F3N6O3S.ClH/c1-2-6-31-37(34,35)33-7-3-16(4-8-33)5-9-36-17-12-29-24(30-13-17)32-14-19(23(28)15-32)18-10-21(26)22(27)11-20(18)25;/h10-13,16,19,23,31H,2-9,14-15,28H2,1H3;1H/t19-,23+;/m1./s1. The van der Waals surface area contributed by atoms with Gasteiger partial charge in [0.1, 0.15) is 5.82 Å². The molecule has 1 aromatic carbocycles. The largest absolute Gasteiger partial charge is 0.490 e. The molecule has 9 nitrogen and oxygen atoms in total. The van der Waals surface area contributed by atoms with Crippen LogP contribution in [-0.4, -0.2) is 68.1 Å². The van der Waals surface area contributed by atoms with Crippen molar-refractivity contribution in [2.45, 2.75) is 44.6 Å². The molecule has 2 aliphatic rings. The highest BCUT2D eigenvalue weighted by Crippen LogP contribution is 2.31. The second-order valence-electron chi connectivity index (χ2n) is 9.56. The first-order valence-corrected chi connectivity index (χ1v) is 14.0. The van der Waals surface area contributed by atoms with Gasteiger partial charge in [0, 0.05) is 50.7 Å². The number of nitrogens with one attached hydrogen (secondary N) is 1. The summed E-state index contributed by atoms with van der Waals surface area (Å²) in [5.41, 5.74) is 6.21. The lowest BCUT2D eigenvalue weighted by molar-refractivity contribution is 0.217. The van der Waals surface area contributed by atoms with Gasteiger partial charge < -0.3 is 15.4 Å². The summed E-state index contributed by atoms with van der Waals surface area (Å²) in [4.78, 5) is 10.4. The molecule has 2 saturated heterocycles. The van der Waals surface area contributed by atoms with Gasteiger partial charge in [0.2, 0.25) is 5.95 Å². The highest BCUT2D eigenvalue weighted by molar-refractivity contribution is 7.87. The summed E-state index contributed by atoms with van der Waals surface area (Å²) in [5, 5.41) is 0. The molecule has 0 amide bonds. The van der Waals surface area contributed by atoms with Gasteiger partial charge in [-0.05, 0) is 43.2 Å². The van der Waals surface area contributed by atoms with Crippen LogP contribution in [0.5, 0.6) is 5.75 Å². The van der Waals surface area contributed by atoms with Crippen LogP contribution in [0.25, 0.3) is 0 Å². The Morgan fingerprint density at radius 1 is 1.08 bits per heavy atom. The third kappa shape index (κ3) is 7.26. The molecule has 2 fully saturated rings. The summed E-state index contributed by atoms with van der Waals surface area (Å²) < 4.78 is 75.6. The topological polar surface area (TPSA) is 114 Å². The molecule has 0 bridgehead atoms. The SMILES string of the molecule is CCCNS(=O)(=O)N1CCC(CCOc2cnc(N3C[C@H](c4cc(F)c(F)cc4F)[C@@H](N)C3)nc2)CC1.Cl. The van der Waals surface area contributed by atoms with E-state index in [1.54, 1.807) is 17.3 Å². The van der Waals surface area contributed by atoms with Crippen LogP contribution in [0.3, 0.4) is 0 Å². The predicted molar refractivity (Wildman–Crippen MR) is 140 cm³/mol. The number of hydrogen-bond acceptors (Lipinski definition) is 7. The highest BCUT2D eigenvalue weighted by Gasteiger charge is 2.35. The Morgan fingerprint density at radius 2 is 1.74 bits per heavy atom. The zero-order valence-electron chi connectivity index (χ0n) is 21.2. The van der Waals surface area contributed by atoms with Gasteiger partial charge in [-0.3, -0.25) is 0 Å². The molecule has 2 atom stereocenters. The number of hydrogen-bond donors (Lipinski definition) is 2. The number of nitrogens with zero attached hydrogens (tertiary/aromatic N) is 4. The van der Waals surface area contributed by atoms with E-state index < -0.39 is 39.6 Å². The number of anilines is 1. The average Bonchev–Trinajstić information content (AvgIpc) is 3.27. The second kappa shape index (κ2) is 13.2. The highest BCUT2D eigenvalue weighted by atomic mass is 35.5. The first-order chi connectivity index (χ1) is 17.7. The van der Waals surface area contributed by atoms with Crippen LogP contribution in [-0.2, 0) is 10.2 Å². The fraction of sp³-hybridized carbons (Fsp3) is 0.583. The van der Waals surface area contributed by atoms with E-state index >= 15 is 0 Å². The number of piperidine rings is 1. The molecule has 2 aromatic rings. The van der Waals surface area contributed by atoms with Crippen LogP contribution in [0, 0.1) is 23.4 Å². The van der Waals surface area contributed by atoms with E-state index in [0.29, 0.717) is 56.5 Å². The Labute approximate surface area is 227 Å². The minimum absolute atomic E-state index is 0. The third-order valence-electron chi connectivity index (χ3n) is 6.94. The lowest BCUT2D eigenvalue weighted by atomic mass is 9.94. The van der Waals surface area contributed by atoms with E-state index in [2.05, 4.69) is 14.7 Å². The maximum atomic E-state index is 14.2. The van der Waals surface area contributed by atoms with Crippen molar-refractivity contribution in [3.63, 3.8) is 0 Å². The van der Waals surface area contributed by atoms with Gasteiger partial charge >= 0.3 is 0 Å². The molecule has 2 aliphatic heterocycles. The molecular weight excluding hydrogens is 545 g/mol. The zero-order valence-corrected chi connectivity index (χ0v) is 22.8. The summed E-state index contributed by atoms with van der Waals surface area (Å²) in [6.45, 7) is 4.42. The Morgan fingerprint density at radius 3 is 2.39 bits per heavy atom. The van der Waals surface area contributed by atoms with E-state index in [1.807, 2.05) is 6.92 Å². The predicted octanol–water partition coefficient (Wildman–Crippen LogP) is 2.97. The van der Waals surface area contributed by atoms with Crippen LogP contribution >= 0.6 is 12.4 Å². The van der Waals surface area contributed by atoms with Crippen molar-refractivity contribution >= 4 is 28.6 Å². The first-order valence-electron chi connectivity index (χ1n) is 12.5. The number of benzene rings is 1. The fourth-order valence-corrected chi connectivity index (χ4v) is 6.13. The van der Waals surface area contributed by atoms with Gasteiger partial charge in [-0.2, -0.15) is 12.7 Å². The Balaban J connectivity index is 0.00000400. The Hall–Kier alpha value is -2.19. The summed E-state index contributed by atoms with van der Waals surface area (Å²) in [6.07, 6.45) is 6.20. The summed E-state index contributed by atoms with van der Waals surface area (Å²) in [7, 11) is -3.40. The van der Waals surface area contributed by atoms with Crippen LogP contribution in [0.4, 0.5) is 19.1 Å². The zero-order chi connectivity index (χ0) is 26.6. The molecule has 0 spiro atoms. The van der Waals surface area contributed by atoms with Crippen LogP contribution in [0.1, 0.15) is 44.1 Å². The molecule has 1 aromatic heterocycles. The molecule has 14 heteroatoms. The van der Waals surface area contributed by atoms with Crippen molar-refractivity contribution in [1.82, 2.24) is 19.0 Å². The van der Waals surface area contributed by atoms with E-state index in [1.165, 1.54) is 4.31 Å². The van der Waals surface area contributed by atoms with Gasteiger partial charge in [-0.25, -0.2) is 27.9 Å². The Bertz CT molecular complexity index is 1170. The van der Waals surface area contributed by atoms with Crippen LogP contribution in [0.2, 0.25) is 0 Å². The number of rotatable bonds is 10. The minimum atomic E-state index is -3.40. The normalized spacial score (nSPS) is 20.9. The smallest absolute Gasteiger partial charge is 0.279 e. The van der Waals surface area contributed by atoms with Gasteiger partial charge in [-0.1, -0.05) is 6.92 Å².